The van der Waals surface area contributed by atoms with Crippen LogP contribution >= 0.6 is 0 Å². The maximum absolute atomic E-state index is 10.5. The van der Waals surface area contributed by atoms with Crippen LogP contribution in [0.25, 0.3) is 10.9 Å². The Labute approximate surface area is 134 Å². The summed E-state index contributed by atoms with van der Waals surface area (Å²) in [6.07, 6.45) is -1.79. The summed E-state index contributed by atoms with van der Waals surface area (Å²) in [6.45, 7) is 3.88. The van der Waals surface area contributed by atoms with Crippen molar-refractivity contribution in [3.8, 4) is 0 Å². The number of nitrogens with zero attached hydrogens (tertiary/aromatic N) is 1. The van der Waals surface area contributed by atoms with E-state index in [1.807, 2.05) is 41.1 Å². The lowest BCUT2D eigenvalue weighted by Crippen LogP contribution is -2.42. The van der Waals surface area contributed by atoms with Crippen LogP contribution in [0, 0.1) is 0 Å². The predicted octanol–water partition coefficient (Wildman–Crippen LogP) is 1.24. The number of aliphatic hydroxyl groups excluding tert-OH is 2. The van der Waals surface area contributed by atoms with Gasteiger partial charge in [0.1, 0.15) is 24.4 Å². The second-order valence-corrected chi connectivity index (χ2v) is 6.65. The molecule has 124 valence electrons. The molecule has 2 saturated heterocycles. The standard InChI is InChI=1S/C17H21NO5/c1-17(2)22-15-13(20)14(21-16(15)23-17)12(19)9-18-8-7-10-5-3-4-6-11(10)18/h3-8,12-16,19-20H,9H2,1-2H3/t12-,13+,14-,15-,16-/m1/s1. The number of fused-ring (bicyclic) bond motifs is 2. The van der Waals surface area contributed by atoms with Gasteiger partial charge >= 0.3 is 0 Å². The first-order valence-corrected chi connectivity index (χ1v) is 7.86. The van der Waals surface area contributed by atoms with Gasteiger partial charge in [0.2, 0.25) is 0 Å². The van der Waals surface area contributed by atoms with Gasteiger partial charge in [-0.15, -0.1) is 0 Å². The van der Waals surface area contributed by atoms with Gasteiger partial charge in [0, 0.05) is 11.7 Å². The van der Waals surface area contributed by atoms with Crippen molar-refractivity contribution in [1.29, 1.82) is 0 Å². The second kappa shape index (κ2) is 5.29. The topological polar surface area (TPSA) is 73.1 Å². The molecular weight excluding hydrogens is 298 g/mol. The molecule has 0 saturated carbocycles. The molecule has 0 aliphatic carbocycles. The van der Waals surface area contributed by atoms with Gasteiger partial charge in [-0.25, -0.2) is 0 Å². The molecule has 5 atom stereocenters. The van der Waals surface area contributed by atoms with Crippen LogP contribution in [0.4, 0.5) is 0 Å². The number of para-hydroxylation sites is 1. The van der Waals surface area contributed by atoms with Crippen LogP contribution in [0.2, 0.25) is 0 Å². The highest BCUT2D eigenvalue weighted by molar-refractivity contribution is 5.79. The first kappa shape index (κ1) is 15.1. The van der Waals surface area contributed by atoms with E-state index in [0.717, 1.165) is 10.9 Å². The molecule has 2 N–H and O–H groups in total. The highest BCUT2D eigenvalue weighted by Gasteiger charge is 2.55. The number of ether oxygens (including phenoxy) is 3. The van der Waals surface area contributed by atoms with Crippen molar-refractivity contribution in [3.05, 3.63) is 36.5 Å². The number of aliphatic hydroxyl groups is 2. The highest BCUT2D eigenvalue weighted by atomic mass is 16.8. The molecule has 0 radical (unpaired) electrons. The van der Waals surface area contributed by atoms with Gasteiger partial charge in [-0.1, -0.05) is 18.2 Å². The van der Waals surface area contributed by atoms with E-state index in [1.165, 1.54) is 0 Å². The van der Waals surface area contributed by atoms with Crippen molar-refractivity contribution in [3.63, 3.8) is 0 Å². The minimum absolute atomic E-state index is 0.331. The zero-order chi connectivity index (χ0) is 16.2. The molecule has 1 aromatic heterocycles. The van der Waals surface area contributed by atoms with Crippen LogP contribution < -0.4 is 0 Å². The van der Waals surface area contributed by atoms with E-state index in [0.29, 0.717) is 6.54 Å². The number of hydrogen-bond acceptors (Lipinski definition) is 5. The van der Waals surface area contributed by atoms with E-state index in [9.17, 15) is 10.2 Å². The smallest absolute Gasteiger partial charge is 0.190 e. The lowest BCUT2D eigenvalue weighted by Gasteiger charge is -2.26. The summed E-state index contributed by atoms with van der Waals surface area (Å²) < 4.78 is 18.9. The van der Waals surface area contributed by atoms with Crippen molar-refractivity contribution in [2.24, 2.45) is 0 Å². The van der Waals surface area contributed by atoms with Crippen molar-refractivity contribution in [2.45, 2.75) is 56.9 Å². The molecule has 6 heteroatoms. The van der Waals surface area contributed by atoms with Crippen molar-refractivity contribution < 1.29 is 24.4 Å². The molecule has 3 heterocycles. The molecular formula is C17H21NO5. The van der Waals surface area contributed by atoms with Gasteiger partial charge in [0.05, 0.1) is 6.54 Å². The zero-order valence-corrected chi connectivity index (χ0v) is 13.1. The van der Waals surface area contributed by atoms with E-state index in [4.69, 9.17) is 14.2 Å². The normalized spacial score (nSPS) is 33.9. The Bertz CT molecular complexity index is 712. The van der Waals surface area contributed by atoms with Gasteiger partial charge in [-0.3, -0.25) is 0 Å². The molecule has 2 aromatic rings. The first-order valence-electron chi connectivity index (χ1n) is 7.86. The predicted molar refractivity (Wildman–Crippen MR) is 82.6 cm³/mol. The molecule has 0 spiro atoms. The van der Waals surface area contributed by atoms with Crippen LogP contribution in [0.3, 0.4) is 0 Å². The van der Waals surface area contributed by atoms with Crippen LogP contribution in [0.15, 0.2) is 36.5 Å². The first-order chi connectivity index (χ1) is 10.9. The molecule has 0 bridgehead atoms. The quantitative estimate of drug-likeness (QED) is 0.890. The van der Waals surface area contributed by atoms with Crippen molar-refractivity contribution >= 4 is 10.9 Å². The molecule has 6 nitrogen and oxygen atoms in total. The SMILES string of the molecule is CC1(C)O[C@H]2O[C@H]([C@H](O)Cn3ccc4ccccc43)[C@H](O)[C@H]2O1. The molecule has 23 heavy (non-hydrogen) atoms. The molecule has 2 fully saturated rings. The number of hydrogen-bond donors (Lipinski definition) is 2. The molecule has 0 amide bonds. The van der Waals surface area contributed by atoms with Gasteiger partial charge in [0.25, 0.3) is 0 Å². The summed E-state index contributed by atoms with van der Waals surface area (Å²) in [4.78, 5) is 0. The second-order valence-electron chi connectivity index (χ2n) is 6.65. The fourth-order valence-corrected chi connectivity index (χ4v) is 3.44. The number of benzene rings is 1. The van der Waals surface area contributed by atoms with Crippen LogP contribution in [-0.4, -0.2) is 51.3 Å². The van der Waals surface area contributed by atoms with Crippen molar-refractivity contribution in [2.75, 3.05) is 0 Å². The summed E-state index contributed by atoms with van der Waals surface area (Å²) in [5, 5.41) is 22.0. The average Bonchev–Trinajstić information content (AvgIpc) is 3.12. The summed E-state index contributed by atoms with van der Waals surface area (Å²) in [5.74, 6) is -0.775. The monoisotopic (exact) mass is 319 g/mol. The molecule has 1 aromatic carbocycles. The summed E-state index contributed by atoms with van der Waals surface area (Å²) in [6, 6.07) is 9.95. The maximum Gasteiger partial charge on any atom is 0.190 e. The van der Waals surface area contributed by atoms with Crippen LogP contribution in [-0.2, 0) is 20.8 Å². The van der Waals surface area contributed by atoms with Gasteiger partial charge in [-0.05, 0) is 31.4 Å². The summed E-state index contributed by atoms with van der Waals surface area (Å²) >= 11 is 0. The average molecular weight is 319 g/mol. The minimum Gasteiger partial charge on any atom is -0.388 e. The Morgan fingerprint density at radius 2 is 2.00 bits per heavy atom. The molecule has 4 rings (SSSR count). The Balaban J connectivity index is 1.49. The fraction of sp³-hybridized carbons (Fsp3) is 0.529. The largest absolute Gasteiger partial charge is 0.388 e. The van der Waals surface area contributed by atoms with Crippen LogP contribution in [0.1, 0.15) is 13.8 Å². The Kier molecular flexibility index (Phi) is 3.48. The van der Waals surface area contributed by atoms with E-state index in [-0.39, 0.29) is 0 Å². The van der Waals surface area contributed by atoms with Gasteiger partial charge in [0.15, 0.2) is 12.1 Å². The molecule has 0 unspecified atom stereocenters. The zero-order valence-electron chi connectivity index (χ0n) is 13.1. The third-order valence-corrected chi connectivity index (χ3v) is 4.50. The fourth-order valence-electron chi connectivity index (χ4n) is 3.44. The maximum atomic E-state index is 10.5. The minimum atomic E-state index is -0.918. The lowest BCUT2D eigenvalue weighted by atomic mass is 10.1. The molecule has 2 aliphatic rings. The third kappa shape index (κ3) is 2.56. The Hall–Kier alpha value is -1.44. The summed E-state index contributed by atoms with van der Waals surface area (Å²) in [5.41, 5.74) is 1.04. The van der Waals surface area contributed by atoms with E-state index < -0.39 is 36.5 Å². The lowest BCUT2D eigenvalue weighted by molar-refractivity contribution is -0.226. The summed E-state index contributed by atoms with van der Waals surface area (Å²) in [7, 11) is 0. The van der Waals surface area contributed by atoms with Crippen LogP contribution in [0.5, 0.6) is 0 Å². The van der Waals surface area contributed by atoms with E-state index in [1.54, 1.807) is 13.8 Å². The number of aromatic nitrogens is 1. The third-order valence-electron chi connectivity index (χ3n) is 4.50. The van der Waals surface area contributed by atoms with E-state index >= 15 is 0 Å². The molecule has 2 aliphatic heterocycles. The van der Waals surface area contributed by atoms with Gasteiger partial charge in [-0.2, -0.15) is 0 Å². The Morgan fingerprint density at radius 3 is 2.78 bits per heavy atom. The van der Waals surface area contributed by atoms with E-state index in [2.05, 4.69) is 0 Å². The number of rotatable bonds is 3. The van der Waals surface area contributed by atoms with Crippen molar-refractivity contribution in [1.82, 2.24) is 4.57 Å². The Morgan fingerprint density at radius 1 is 1.22 bits per heavy atom. The van der Waals surface area contributed by atoms with Gasteiger partial charge < -0.3 is 29.0 Å². The highest BCUT2D eigenvalue weighted by Crippen LogP contribution is 2.38.